The molecular formula is C37H39F2N5O5. The molecule has 0 bridgehead atoms. The molecule has 256 valence electrons. The number of halogens is 2. The number of carbonyl (C=O) groups is 3. The lowest BCUT2D eigenvalue weighted by molar-refractivity contribution is 0.0793. The van der Waals surface area contributed by atoms with Crippen LogP contribution in [0.15, 0.2) is 84.0 Å². The Morgan fingerprint density at radius 3 is 1.94 bits per heavy atom. The molecule has 4 aromatic carbocycles. The zero-order valence-electron chi connectivity index (χ0n) is 27.6. The molecule has 0 aliphatic rings. The van der Waals surface area contributed by atoms with Crippen LogP contribution in [-0.4, -0.2) is 64.3 Å². The second-order valence-corrected chi connectivity index (χ2v) is 11.9. The van der Waals surface area contributed by atoms with Crippen LogP contribution in [0.25, 0.3) is 0 Å². The average Bonchev–Trinajstić information content (AvgIpc) is 3.03. The first kappa shape index (κ1) is 36.5. The van der Waals surface area contributed by atoms with Crippen LogP contribution in [0.4, 0.5) is 20.2 Å². The van der Waals surface area contributed by atoms with Crippen molar-refractivity contribution < 1.29 is 33.4 Å². The number of anilines is 2. The molecule has 5 N–H and O–H groups in total. The lowest BCUT2D eigenvalue weighted by atomic mass is 10.1. The molecule has 2 unspecified atom stereocenters. The second-order valence-electron chi connectivity index (χ2n) is 11.9. The van der Waals surface area contributed by atoms with E-state index in [1.165, 1.54) is 18.3 Å². The second kappa shape index (κ2) is 16.7. The van der Waals surface area contributed by atoms with Crippen LogP contribution in [-0.2, 0) is 6.54 Å². The van der Waals surface area contributed by atoms with Gasteiger partial charge in [-0.05, 0) is 98.5 Å². The summed E-state index contributed by atoms with van der Waals surface area (Å²) in [4.78, 5) is 41.6. The average molecular weight is 672 g/mol. The summed E-state index contributed by atoms with van der Waals surface area (Å²) < 4.78 is 28.6. The highest BCUT2D eigenvalue weighted by Gasteiger charge is 2.20. The Kier molecular flexibility index (Phi) is 12.4. The van der Waals surface area contributed by atoms with Gasteiger partial charge >= 0.3 is 0 Å². The van der Waals surface area contributed by atoms with Gasteiger partial charge in [0.05, 0.1) is 40.9 Å². The van der Waals surface area contributed by atoms with Crippen LogP contribution < -0.4 is 16.1 Å². The van der Waals surface area contributed by atoms with E-state index in [1.54, 1.807) is 38.1 Å². The molecule has 0 spiro atoms. The molecule has 4 aromatic rings. The Morgan fingerprint density at radius 2 is 1.35 bits per heavy atom. The molecule has 4 rings (SSSR count). The maximum Gasteiger partial charge on any atom is 0.273 e. The maximum atomic E-state index is 14.4. The first-order chi connectivity index (χ1) is 23.3. The van der Waals surface area contributed by atoms with Crippen molar-refractivity contribution >= 4 is 35.3 Å². The van der Waals surface area contributed by atoms with Gasteiger partial charge in [-0.25, -0.2) is 14.2 Å². The van der Waals surface area contributed by atoms with Crippen LogP contribution in [0.2, 0.25) is 0 Å². The smallest absolute Gasteiger partial charge is 0.273 e. The highest BCUT2D eigenvalue weighted by atomic mass is 19.1. The number of hydrazone groups is 1. The number of aryl methyl sites for hydroxylation is 2. The summed E-state index contributed by atoms with van der Waals surface area (Å²) in [7, 11) is 0. The van der Waals surface area contributed by atoms with E-state index < -0.39 is 41.6 Å². The van der Waals surface area contributed by atoms with Gasteiger partial charge in [-0.1, -0.05) is 30.3 Å². The third-order valence-corrected chi connectivity index (χ3v) is 7.50. The number of rotatable bonds is 13. The highest BCUT2D eigenvalue weighted by molar-refractivity contribution is 6.14. The number of benzene rings is 4. The minimum atomic E-state index is -0.866. The van der Waals surface area contributed by atoms with E-state index in [0.29, 0.717) is 19.6 Å². The van der Waals surface area contributed by atoms with Crippen LogP contribution in [0, 0.1) is 25.5 Å². The Morgan fingerprint density at radius 1 is 0.755 bits per heavy atom. The van der Waals surface area contributed by atoms with E-state index in [9.17, 15) is 33.4 Å². The molecule has 3 amide bonds. The van der Waals surface area contributed by atoms with Gasteiger partial charge in [0.25, 0.3) is 17.7 Å². The Bertz CT molecular complexity index is 1850. The fourth-order valence-electron chi connectivity index (χ4n) is 5.10. The predicted molar refractivity (Wildman–Crippen MR) is 185 cm³/mol. The highest BCUT2D eigenvalue weighted by Crippen LogP contribution is 2.23. The van der Waals surface area contributed by atoms with Crippen molar-refractivity contribution in [3.8, 4) is 0 Å². The standard InChI is InChI=1S/C37H39F2N5O5/c1-22-8-9-26(14-23(22)2)18-40-43-37(49)32-17-30(39)11-13-34(32)42-36(48)31-16-29(38)10-12-33(31)41-35(47)28-7-5-6-27(15-28)21-44(19-24(3)45)20-25(4)46/h5-18,24-25,45-46H,19-21H2,1-4H3,(H,41,47)(H,42,48)(H,43,49)/b40-18+. The van der Waals surface area contributed by atoms with Crippen LogP contribution >= 0.6 is 0 Å². The largest absolute Gasteiger partial charge is 0.392 e. The number of aliphatic hydroxyl groups excluding tert-OH is 2. The van der Waals surface area contributed by atoms with Gasteiger partial charge < -0.3 is 20.8 Å². The van der Waals surface area contributed by atoms with E-state index in [2.05, 4.69) is 21.2 Å². The number of amides is 3. The van der Waals surface area contributed by atoms with E-state index in [1.807, 2.05) is 36.9 Å². The molecule has 0 aliphatic carbocycles. The SMILES string of the molecule is Cc1ccc(/C=N/NC(=O)c2cc(F)ccc2NC(=O)c2cc(F)ccc2NC(=O)c2cccc(CN(CC(C)O)CC(C)O)c2)cc1C. The Hall–Kier alpha value is -5.30. The number of nitrogens with one attached hydrogen (secondary N) is 3. The van der Waals surface area contributed by atoms with Gasteiger partial charge in [-0.15, -0.1) is 0 Å². The lowest BCUT2D eigenvalue weighted by Crippen LogP contribution is -2.35. The fraction of sp³-hybridized carbons (Fsp3) is 0.243. The molecule has 10 nitrogen and oxygen atoms in total. The van der Waals surface area contributed by atoms with Crippen molar-refractivity contribution in [1.29, 1.82) is 0 Å². The van der Waals surface area contributed by atoms with Crippen LogP contribution in [0.5, 0.6) is 0 Å². The van der Waals surface area contributed by atoms with Crippen molar-refractivity contribution in [2.75, 3.05) is 23.7 Å². The molecule has 0 saturated heterocycles. The summed E-state index contributed by atoms with van der Waals surface area (Å²) in [5.74, 6) is -3.73. The Labute approximate surface area is 283 Å². The van der Waals surface area contributed by atoms with Gasteiger partial charge in [0.2, 0.25) is 0 Å². The van der Waals surface area contributed by atoms with Crippen molar-refractivity contribution in [3.05, 3.63) is 129 Å². The number of hydrogen-bond donors (Lipinski definition) is 5. The minimum absolute atomic E-state index is 0.00903. The van der Waals surface area contributed by atoms with Crippen molar-refractivity contribution in [3.63, 3.8) is 0 Å². The summed E-state index contributed by atoms with van der Waals surface area (Å²) in [5.41, 5.74) is 5.64. The number of aliphatic hydroxyl groups is 2. The molecular weight excluding hydrogens is 632 g/mol. The number of carbonyl (C=O) groups excluding carboxylic acids is 3. The quantitative estimate of drug-likeness (QED) is 0.0950. The van der Waals surface area contributed by atoms with Crippen molar-refractivity contribution in [2.24, 2.45) is 5.10 Å². The topological polar surface area (TPSA) is 143 Å². The van der Waals surface area contributed by atoms with Crippen LogP contribution in [0.3, 0.4) is 0 Å². The monoisotopic (exact) mass is 671 g/mol. The zero-order chi connectivity index (χ0) is 35.7. The first-order valence-corrected chi connectivity index (χ1v) is 15.6. The van der Waals surface area contributed by atoms with Gasteiger partial charge in [-0.3, -0.25) is 19.3 Å². The van der Waals surface area contributed by atoms with Gasteiger partial charge in [0.1, 0.15) is 11.6 Å². The molecule has 12 heteroatoms. The van der Waals surface area contributed by atoms with Crippen LogP contribution in [0.1, 0.15) is 67.2 Å². The molecule has 0 fully saturated rings. The molecule has 0 heterocycles. The normalized spacial score (nSPS) is 12.5. The molecule has 49 heavy (non-hydrogen) atoms. The summed E-state index contributed by atoms with van der Waals surface area (Å²) in [6.45, 7) is 8.17. The third-order valence-electron chi connectivity index (χ3n) is 7.50. The summed E-state index contributed by atoms with van der Waals surface area (Å²) in [6, 6.07) is 18.7. The van der Waals surface area contributed by atoms with E-state index >= 15 is 0 Å². The number of hydrogen-bond acceptors (Lipinski definition) is 7. The van der Waals surface area contributed by atoms with E-state index in [4.69, 9.17) is 0 Å². The van der Waals surface area contributed by atoms with Gasteiger partial charge in [-0.2, -0.15) is 5.10 Å². The molecule has 2 atom stereocenters. The predicted octanol–water partition coefficient (Wildman–Crippen LogP) is 5.41. The molecule has 0 saturated carbocycles. The summed E-state index contributed by atoms with van der Waals surface area (Å²) in [5, 5.41) is 28.8. The molecule has 0 aromatic heterocycles. The zero-order valence-corrected chi connectivity index (χ0v) is 27.6. The van der Waals surface area contributed by atoms with E-state index in [0.717, 1.165) is 46.5 Å². The third kappa shape index (κ3) is 10.6. The van der Waals surface area contributed by atoms with E-state index in [-0.39, 0.29) is 28.1 Å². The van der Waals surface area contributed by atoms with Crippen molar-refractivity contribution in [1.82, 2.24) is 10.3 Å². The number of nitrogens with zero attached hydrogens (tertiary/aromatic N) is 2. The van der Waals surface area contributed by atoms with Gasteiger partial charge in [0.15, 0.2) is 0 Å². The minimum Gasteiger partial charge on any atom is -0.392 e. The molecule has 0 radical (unpaired) electrons. The van der Waals surface area contributed by atoms with Crippen molar-refractivity contribution in [2.45, 2.75) is 46.4 Å². The maximum absolute atomic E-state index is 14.4. The fourth-order valence-corrected chi connectivity index (χ4v) is 5.10. The Balaban J connectivity index is 1.51. The summed E-state index contributed by atoms with van der Waals surface area (Å²) in [6.07, 6.45) is 0.173. The summed E-state index contributed by atoms with van der Waals surface area (Å²) >= 11 is 0. The lowest BCUT2D eigenvalue weighted by Gasteiger charge is -2.25. The first-order valence-electron chi connectivity index (χ1n) is 15.6. The van der Waals surface area contributed by atoms with Gasteiger partial charge in [0, 0.05) is 25.2 Å². The molecule has 0 aliphatic heterocycles.